The predicted octanol–water partition coefficient (Wildman–Crippen LogP) is 5.54. The summed E-state index contributed by atoms with van der Waals surface area (Å²) in [7, 11) is 1.59. The Bertz CT molecular complexity index is 1280. The molecule has 172 valence electrons. The maximum absolute atomic E-state index is 13.3. The predicted molar refractivity (Wildman–Crippen MR) is 132 cm³/mol. The van der Waals surface area contributed by atoms with Crippen LogP contribution in [0.1, 0.15) is 32.2 Å². The molecule has 3 aromatic carbocycles. The van der Waals surface area contributed by atoms with Crippen LogP contribution in [0.4, 0.5) is 5.69 Å². The number of ether oxygens (including phenoxy) is 1. The van der Waals surface area contributed by atoms with Gasteiger partial charge < -0.3 is 14.1 Å². The van der Waals surface area contributed by atoms with Crippen LogP contribution in [0.15, 0.2) is 83.3 Å². The van der Waals surface area contributed by atoms with E-state index in [1.807, 2.05) is 61.5 Å². The van der Waals surface area contributed by atoms with Gasteiger partial charge in [-0.2, -0.15) is 0 Å². The third-order valence-electron chi connectivity index (χ3n) is 5.56. The maximum atomic E-state index is 13.3. The standard InChI is InChI=1S/C28H26N2O4/c1-19-9-11-22(12-10-19)28-29-27(20(2)34-28)26(32)18-30(23-13-15-24(33-3)16-14-23)17-25(31)21-7-5-4-6-8-21/h4-16H,17-18H2,1-3H3. The number of carbonyl (C=O) groups excluding carboxylic acids is 2. The zero-order valence-electron chi connectivity index (χ0n) is 19.4. The molecule has 0 amide bonds. The number of ketones is 2. The van der Waals surface area contributed by atoms with Crippen molar-refractivity contribution in [2.75, 3.05) is 25.1 Å². The number of aromatic nitrogens is 1. The highest BCUT2D eigenvalue weighted by molar-refractivity contribution is 6.02. The number of hydrogen-bond donors (Lipinski definition) is 0. The highest BCUT2D eigenvalue weighted by atomic mass is 16.5. The Morgan fingerprint density at radius 3 is 2.15 bits per heavy atom. The van der Waals surface area contributed by atoms with E-state index >= 15 is 0 Å². The van der Waals surface area contributed by atoms with Crippen LogP contribution in [-0.2, 0) is 0 Å². The van der Waals surface area contributed by atoms with E-state index in [0.717, 1.165) is 16.8 Å². The largest absolute Gasteiger partial charge is 0.497 e. The van der Waals surface area contributed by atoms with Crippen LogP contribution in [-0.4, -0.2) is 36.7 Å². The minimum atomic E-state index is -0.226. The molecule has 1 heterocycles. The van der Waals surface area contributed by atoms with Crippen LogP contribution in [0.2, 0.25) is 0 Å². The first-order valence-corrected chi connectivity index (χ1v) is 11.0. The van der Waals surface area contributed by atoms with Gasteiger partial charge in [-0.05, 0) is 50.2 Å². The number of hydrogen-bond acceptors (Lipinski definition) is 6. The number of benzene rings is 3. The molecule has 0 aliphatic rings. The van der Waals surface area contributed by atoms with E-state index < -0.39 is 0 Å². The van der Waals surface area contributed by atoms with Crippen molar-refractivity contribution in [3.63, 3.8) is 0 Å². The number of methoxy groups -OCH3 is 1. The van der Waals surface area contributed by atoms with E-state index in [1.54, 1.807) is 43.2 Å². The van der Waals surface area contributed by atoms with Gasteiger partial charge >= 0.3 is 0 Å². The van der Waals surface area contributed by atoms with E-state index in [4.69, 9.17) is 9.15 Å². The van der Waals surface area contributed by atoms with Crippen LogP contribution in [0.5, 0.6) is 5.75 Å². The van der Waals surface area contributed by atoms with Gasteiger partial charge in [-0.15, -0.1) is 0 Å². The van der Waals surface area contributed by atoms with Gasteiger partial charge in [0.25, 0.3) is 0 Å². The van der Waals surface area contributed by atoms with E-state index in [-0.39, 0.29) is 30.3 Å². The van der Waals surface area contributed by atoms with E-state index in [0.29, 0.717) is 23.0 Å². The summed E-state index contributed by atoms with van der Waals surface area (Å²) in [5.74, 6) is 1.24. The van der Waals surface area contributed by atoms with Gasteiger partial charge in [0.2, 0.25) is 11.7 Å². The quantitative estimate of drug-likeness (QED) is 0.309. The van der Waals surface area contributed by atoms with Crippen molar-refractivity contribution in [2.24, 2.45) is 0 Å². The minimum absolute atomic E-state index is 0.0222. The topological polar surface area (TPSA) is 72.6 Å². The Morgan fingerprint density at radius 2 is 1.50 bits per heavy atom. The van der Waals surface area contributed by atoms with E-state index in [1.165, 1.54) is 0 Å². The number of Topliss-reactive ketones (excluding diaryl/α,β-unsaturated/α-hetero) is 2. The smallest absolute Gasteiger partial charge is 0.226 e. The van der Waals surface area contributed by atoms with Crippen molar-refractivity contribution in [3.8, 4) is 17.2 Å². The van der Waals surface area contributed by atoms with Gasteiger partial charge in [-0.25, -0.2) is 4.98 Å². The van der Waals surface area contributed by atoms with Crippen LogP contribution >= 0.6 is 0 Å². The molecule has 34 heavy (non-hydrogen) atoms. The maximum Gasteiger partial charge on any atom is 0.226 e. The summed E-state index contributed by atoms with van der Waals surface area (Å²) in [5, 5.41) is 0. The molecular formula is C28H26N2O4. The molecule has 4 aromatic rings. The van der Waals surface area contributed by atoms with Crippen LogP contribution in [0.3, 0.4) is 0 Å². The Hall–Kier alpha value is -4.19. The number of aryl methyl sites for hydroxylation is 2. The second-order valence-corrected chi connectivity index (χ2v) is 8.06. The summed E-state index contributed by atoms with van der Waals surface area (Å²) in [6.45, 7) is 3.75. The lowest BCUT2D eigenvalue weighted by molar-refractivity contribution is 0.0981. The zero-order chi connectivity index (χ0) is 24.1. The molecule has 0 aliphatic carbocycles. The van der Waals surface area contributed by atoms with Gasteiger partial charge in [0.15, 0.2) is 5.78 Å². The number of carbonyl (C=O) groups is 2. The van der Waals surface area contributed by atoms with Gasteiger partial charge in [0.1, 0.15) is 17.2 Å². The summed E-state index contributed by atoms with van der Waals surface area (Å²) < 4.78 is 11.0. The van der Waals surface area contributed by atoms with Gasteiger partial charge in [-0.3, -0.25) is 9.59 Å². The molecular weight excluding hydrogens is 428 g/mol. The highest BCUT2D eigenvalue weighted by Crippen LogP contribution is 2.24. The van der Waals surface area contributed by atoms with E-state index in [9.17, 15) is 9.59 Å². The molecule has 0 aliphatic heterocycles. The lowest BCUT2D eigenvalue weighted by Crippen LogP contribution is -2.35. The first-order chi connectivity index (χ1) is 16.4. The Morgan fingerprint density at radius 1 is 0.853 bits per heavy atom. The average molecular weight is 455 g/mol. The summed E-state index contributed by atoms with van der Waals surface area (Å²) in [5.41, 5.74) is 3.52. The van der Waals surface area contributed by atoms with Crippen molar-refractivity contribution in [2.45, 2.75) is 13.8 Å². The van der Waals surface area contributed by atoms with Crippen molar-refractivity contribution in [3.05, 3.63) is 101 Å². The molecule has 0 fully saturated rings. The van der Waals surface area contributed by atoms with Crippen molar-refractivity contribution in [1.82, 2.24) is 4.98 Å². The molecule has 0 radical (unpaired) electrons. The Labute approximate surface area is 198 Å². The lowest BCUT2D eigenvalue weighted by atomic mass is 10.1. The van der Waals surface area contributed by atoms with Crippen LogP contribution < -0.4 is 9.64 Å². The fraction of sp³-hybridized carbons (Fsp3) is 0.179. The monoisotopic (exact) mass is 454 g/mol. The molecule has 0 saturated carbocycles. The summed E-state index contributed by atoms with van der Waals surface area (Å²) in [6.07, 6.45) is 0. The third-order valence-corrected chi connectivity index (χ3v) is 5.56. The molecule has 0 bridgehead atoms. The highest BCUT2D eigenvalue weighted by Gasteiger charge is 2.23. The Balaban J connectivity index is 1.59. The molecule has 0 atom stereocenters. The number of oxazole rings is 1. The normalized spacial score (nSPS) is 10.7. The molecule has 4 rings (SSSR count). The van der Waals surface area contributed by atoms with Gasteiger partial charge in [-0.1, -0.05) is 48.0 Å². The summed E-state index contributed by atoms with van der Waals surface area (Å²) >= 11 is 0. The molecule has 0 N–H and O–H groups in total. The second-order valence-electron chi connectivity index (χ2n) is 8.06. The second kappa shape index (κ2) is 10.2. The zero-order valence-corrected chi connectivity index (χ0v) is 19.4. The number of nitrogens with zero attached hydrogens (tertiary/aromatic N) is 2. The first kappa shape index (κ1) is 23.0. The number of anilines is 1. The fourth-order valence-corrected chi connectivity index (χ4v) is 3.64. The van der Waals surface area contributed by atoms with Gasteiger partial charge in [0.05, 0.1) is 20.2 Å². The summed E-state index contributed by atoms with van der Waals surface area (Å²) in [4.78, 5) is 32.5. The third kappa shape index (κ3) is 5.23. The summed E-state index contributed by atoms with van der Waals surface area (Å²) in [6, 6.07) is 24.1. The van der Waals surface area contributed by atoms with Gasteiger partial charge in [0, 0.05) is 16.8 Å². The molecule has 6 nitrogen and oxygen atoms in total. The van der Waals surface area contributed by atoms with Crippen LogP contribution in [0, 0.1) is 13.8 Å². The minimum Gasteiger partial charge on any atom is -0.497 e. The fourth-order valence-electron chi connectivity index (χ4n) is 3.64. The van der Waals surface area contributed by atoms with Crippen molar-refractivity contribution >= 4 is 17.3 Å². The molecule has 0 unspecified atom stereocenters. The molecule has 0 spiro atoms. The van der Waals surface area contributed by atoms with Crippen molar-refractivity contribution < 1.29 is 18.7 Å². The molecule has 6 heteroatoms. The van der Waals surface area contributed by atoms with Crippen molar-refractivity contribution in [1.29, 1.82) is 0 Å². The molecule has 0 saturated heterocycles. The van der Waals surface area contributed by atoms with Crippen LogP contribution in [0.25, 0.3) is 11.5 Å². The first-order valence-electron chi connectivity index (χ1n) is 11.0. The average Bonchev–Trinajstić information content (AvgIpc) is 3.26. The Kier molecular flexibility index (Phi) is 6.87. The van der Waals surface area contributed by atoms with E-state index in [2.05, 4.69) is 4.98 Å². The molecule has 1 aromatic heterocycles. The lowest BCUT2D eigenvalue weighted by Gasteiger charge is -2.23. The number of rotatable bonds is 9. The SMILES string of the molecule is COc1ccc(N(CC(=O)c2ccccc2)CC(=O)c2nc(-c3ccc(C)cc3)oc2C)cc1.